The van der Waals surface area contributed by atoms with Gasteiger partial charge in [-0.15, -0.1) is 0 Å². The van der Waals surface area contributed by atoms with Crippen LogP contribution in [0.5, 0.6) is 0 Å². The van der Waals surface area contributed by atoms with E-state index < -0.39 is 8.32 Å². The summed E-state index contributed by atoms with van der Waals surface area (Å²) in [6.07, 6.45) is 4.93. The third-order valence-corrected chi connectivity index (χ3v) is 13.5. The van der Waals surface area contributed by atoms with Gasteiger partial charge in [0.05, 0.1) is 5.41 Å². The summed E-state index contributed by atoms with van der Waals surface area (Å²) in [4.78, 5) is 15.9. The zero-order valence-corrected chi connectivity index (χ0v) is 23.0. The van der Waals surface area contributed by atoms with Crippen LogP contribution in [-0.2, 0) is 15.8 Å². The van der Waals surface area contributed by atoms with Crippen LogP contribution in [0.4, 0.5) is 0 Å². The summed E-state index contributed by atoms with van der Waals surface area (Å²) in [6.45, 7) is 8.56. The summed E-state index contributed by atoms with van der Waals surface area (Å²) in [5, 5.41) is 2.57. The number of rotatable bonds is 6. The largest absolute Gasteiger partial charge is 0.404 e. The van der Waals surface area contributed by atoms with Gasteiger partial charge in [-0.2, -0.15) is 0 Å². The minimum Gasteiger partial charge on any atom is -0.404 e. The second-order valence-electron chi connectivity index (χ2n) is 11.7. The molecule has 2 fully saturated rings. The van der Waals surface area contributed by atoms with Gasteiger partial charge in [-0.05, 0) is 53.1 Å². The Morgan fingerprint density at radius 1 is 0.861 bits per heavy atom. The molecule has 0 radical (unpaired) electrons. The van der Waals surface area contributed by atoms with Crippen LogP contribution in [0.1, 0.15) is 58.4 Å². The van der Waals surface area contributed by atoms with E-state index in [4.69, 9.17) is 4.43 Å². The maximum atomic E-state index is 13.8. The number of hydrogen-bond donors (Lipinski definition) is 0. The lowest BCUT2D eigenvalue weighted by molar-refractivity contribution is -0.139. The van der Waals surface area contributed by atoms with Crippen molar-refractivity contribution in [3.8, 4) is 0 Å². The van der Waals surface area contributed by atoms with Crippen molar-refractivity contribution >= 4 is 24.6 Å². The zero-order valence-electron chi connectivity index (χ0n) is 22.0. The normalized spacial score (nSPS) is 22.8. The van der Waals surface area contributed by atoms with Crippen LogP contribution < -0.4 is 10.4 Å². The number of nitrogens with zero attached hydrogens (tertiary/aromatic N) is 1. The Morgan fingerprint density at radius 2 is 1.42 bits per heavy atom. The van der Waals surface area contributed by atoms with Gasteiger partial charge in [0.2, 0.25) is 5.91 Å². The highest BCUT2D eigenvalue weighted by Crippen LogP contribution is 2.48. The monoisotopic (exact) mass is 497 g/mol. The smallest absolute Gasteiger partial charge is 0.261 e. The Bertz CT molecular complexity index is 1120. The van der Waals surface area contributed by atoms with E-state index in [-0.39, 0.29) is 16.6 Å². The highest BCUT2D eigenvalue weighted by atomic mass is 28.4. The first-order valence-corrected chi connectivity index (χ1v) is 15.4. The molecule has 2 aliphatic rings. The Labute approximate surface area is 217 Å². The molecular weight excluding hydrogens is 458 g/mol. The zero-order chi connectivity index (χ0) is 25.2. The Hall–Kier alpha value is -2.69. The van der Waals surface area contributed by atoms with Crippen molar-refractivity contribution in [2.45, 2.75) is 70.6 Å². The average Bonchev–Trinajstić information content (AvgIpc) is 3.17. The van der Waals surface area contributed by atoms with Gasteiger partial charge in [0, 0.05) is 19.2 Å². The number of carbonyl (C=O) groups is 1. The van der Waals surface area contributed by atoms with E-state index >= 15 is 0 Å². The van der Waals surface area contributed by atoms with Gasteiger partial charge < -0.3 is 9.33 Å². The second-order valence-corrected chi connectivity index (χ2v) is 16.0. The molecule has 1 spiro atoms. The molecule has 3 aromatic carbocycles. The van der Waals surface area contributed by atoms with Crippen molar-refractivity contribution < 1.29 is 9.22 Å². The van der Waals surface area contributed by atoms with Crippen LogP contribution in [0.15, 0.2) is 91.0 Å². The van der Waals surface area contributed by atoms with Crippen LogP contribution in [0.2, 0.25) is 5.04 Å². The number of hydrogen-bond acceptors (Lipinski definition) is 2. The maximum Gasteiger partial charge on any atom is 0.261 e. The molecule has 0 N–H and O–H groups in total. The highest BCUT2D eigenvalue weighted by Gasteiger charge is 2.54. The Morgan fingerprint density at radius 3 is 1.97 bits per heavy atom. The maximum absolute atomic E-state index is 13.8. The number of likely N-dealkylation sites (tertiary alicyclic amines) is 1. The van der Waals surface area contributed by atoms with Crippen LogP contribution in [0.25, 0.3) is 0 Å². The van der Waals surface area contributed by atoms with E-state index in [2.05, 4.69) is 111 Å². The fourth-order valence-corrected chi connectivity index (χ4v) is 11.3. The standard InChI is InChI=1S/C32H39NO2Si/c1-31(2,3)36(28-17-9-5-10-18-28,29-19-11-6-12-20-29)35-27-16-13-21-32(24-27)22-23-33(30(32)34)25-26-14-7-4-8-15-26/h4-12,14-15,17-20,27H,13,16,21-25H2,1-3H3. The van der Waals surface area contributed by atoms with E-state index in [1.165, 1.54) is 15.9 Å². The summed E-state index contributed by atoms with van der Waals surface area (Å²) < 4.78 is 7.47. The summed E-state index contributed by atoms with van der Waals surface area (Å²) in [6, 6.07) is 32.1. The quantitative estimate of drug-likeness (QED) is 0.395. The molecule has 3 nitrogen and oxygen atoms in total. The van der Waals surface area contributed by atoms with Gasteiger partial charge in [-0.3, -0.25) is 4.79 Å². The molecule has 2 atom stereocenters. The minimum absolute atomic E-state index is 0.0562. The number of benzene rings is 3. The van der Waals surface area contributed by atoms with E-state index in [0.717, 1.165) is 38.6 Å². The lowest BCUT2D eigenvalue weighted by atomic mass is 9.72. The molecule has 2 unspecified atom stereocenters. The van der Waals surface area contributed by atoms with Gasteiger partial charge in [-0.1, -0.05) is 112 Å². The molecule has 1 heterocycles. The molecule has 1 aliphatic carbocycles. The van der Waals surface area contributed by atoms with Crippen LogP contribution >= 0.6 is 0 Å². The molecule has 1 saturated heterocycles. The van der Waals surface area contributed by atoms with E-state index in [9.17, 15) is 4.79 Å². The number of carbonyl (C=O) groups excluding carboxylic acids is 1. The molecule has 1 amide bonds. The van der Waals surface area contributed by atoms with Crippen LogP contribution in [0.3, 0.4) is 0 Å². The van der Waals surface area contributed by atoms with Crippen molar-refractivity contribution in [1.29, 1.82) is 0 Å². The van der Waals surface area contributed by atoms with E-state index in [1.54, 1.807) is 0 Å². The molecule has 1 aliphatic heterocycles. The van der Waals surface area contributed by atoms with Crippen molar-refractivity contribution in [2.75, 3.05) is 6.54 Å². The average molecular weight is 498 g/mol. The first-order valence-electron chi connectivity index (χ1n) is 13.5. The summed E-state index contributed by atoms with van der Waals surface area (Å²) in [7, 11) is -2.63. The van der Waals surface area contributed by atoms with Gasteiger partial charge in [-0.25, -0.2) is 0 Å². The fourth-order valence-electron chi connectivity index (χ4n) is 6.62. The molecular formula is C32H39NO2Si. The van der Waals surface area contributed by atoms with Crippen molar-refractivity contribution in [3.05, 3.63) is 96.6 Å². The molecule has 188 valence electrons. The second kappa shape index (κ2) is 9.99. The molecule has 5 rings (SSSR count). The lowest BCUT2D eigenvalue weighted by Crippen LogP contribution is -2.68. The van der Waals surface area contributed by atoms with Gasteiger partial charge in [0.1, 0.15) is 0 Å². The third-order valence-electron chi connectivity index (χ3n) is 8.38. The van der Waals surface area contributed by atoms with Crippen molar-refractivity contribution in [1.82, 2.24) is 4.90 Å². The van der Waals surface area contributed by atoms with Gasteiger partial charge >= 0.3 is 0 Å². The molecule has 1 saturated carbocycles. The molecule has 0 bridgehead atoms. The van der Waals surface area contributed by atoms with Gasteiger partial charge in [0.15, 0.2) is 0 Å². The first kappa shape index (κ1) is 25.0. The highest BCUT2D eigenvalue weighted by molar-refractivity contribution is 6.99. The summed E-state index contributed by atoms with van der Waals surface area (Å²) in [5.41, 5.74) is 0.933. The van der Waals surface area contributed by atoms with E-state index in [0.29, 0.717) is 12.5 Å². The van der Waals surface area contributed by atoms with Crippen molar-refractivity contribution in [2.24, 2.45) is 5.41 Å². The molecule has 0 aromatic heterocycles. The Kier molecular flexibility index (Phi) is 6.93. The van der Waals surface area contributed by atoms with E-state index in [1.807, 2.05) is 6.07 Å². The van der Waals surface area contributed by atoms with Crippen LogP contribution in [-0.4, -0.2) is 31.8 Å². The Balaban J connectivity index is 1.45. The summed E-state index contributed by atoms with van der Waals surface area (Å²) >= 11 is 0. The number of amides is 1. The fraction of sp³-hybridized carbons (Fsp3) is 0.406. The van der Waals surface area contributed by atoms with Crippen LogP contribution in [0, 0.1) is 5.41 Å². The topological polar surface area (TPSA) is 29.5 Å². The van der Waals surface area contributed by atoms with Gasteiger partial charge in [0.25, 0.3) is 8.32 Å². The van der Waals surface area contributed by atoms with Crippen molar-refractivity contribution in [3.63, 3.8) is 0 Å². The lowest BCUT2D eigenvalue weighted by Gasteiger charge is -2.47. The molecule has 36 heavy (non-hydrogen) atoms. The molecule has 4 heteroatoms. The SMILES string of the molecule is CC(C)(C)[Si](OC1CCCC2(CCN(Cc3ccccc3)C2=O)C1)(c1ccccc1)c1ccccc1. The predicted octanol–water partition coefficient (Wildman–Crippen LogP) is 5.92. The summed E-state index contributed by atoms with van der Waals surface area (Å²) in [5.74, 6) is 0.335. The predicted molar refractivity (Wildman–Crippen MR) is 150 cm³/mol. The first-order chi connectivity index (χ1) is 17.3. The minimum atomic E-state index is -2.63. The molecule has 3 aromatic rings. The third kappa shape index (κ3) is 4.57.